The summed E-state index contributed by atoms with van der Waals surface area (Å²) in [5.41, 5.74) is -0.265. The van der Waals surface area contributed by atoms with Crippen LogP contribution in [0, 0.1) is 11.6 Å². The van der Waals surface area contributed by atoms with Gasteiger partial charge in [0.15, 0.2) is 17.5 Å². The number of rotatable bonds is 5. The fraction of sp³-hybridized carbons (Fsp3) is 0.304. The van der Waals surface area contributed by atoms with Gasteiger partial charge in [0, 0.05) is 14.1 Å². The van der Waals surface area contributed by atoms with Gasteiger partial charge in [-0.25, -0.2) is 23.5 Å². The largest absolute Gasteiger partial charge is 0.332 e. The maximum atomic E-state index is 15.0. The number of benzene rings is 2. The molecule has 1 aliphatic heterocycles. The van der Waals surface area contributed by atoms with E-state index in [2.05, 4.69) is 10.1 Å². The van der Waals surface area contributed by atoms with Crippen LogP contribution in [0.5, 0.6) is 0 Å². The standard InChI is InChI=1S/C23H23F2N5O2/c1-23(21-26-14-27-29(21)3)13-19(31)30(22(32)28(23)2)20-17(24)11-16(12-18(20)25)10-9-15-7-5-4-6-8-15/h4-8,11-12,14H,9-10,13H2,1-3H3/t23-/m0/s1. The minimum atomic E-state index is -1.10. The Morgan fingerprint density at radius 2 is 1.62 bits per heavy atom. The number of aromatic nitrogens is 3. The minimum absolute atomic E-state index is 0.198. The maximum absolute atomic E-state index is 15.0. The molecule has 3 amide bonds. The average molecular weight is 439 g/mol. The van der Waals surface area contributed by atoms with Crippen LogP contribution in [0.4, 0.5) is 19.3 Å². The summed E-state index contributed by atoms with van der Waals surface area (Å²) in [6.45, 7) is 1.67. The van der Waals surface area contributed by atoms with Crippen molar-refractivity contribution in [3.05, 3.63) is 77.4 Å². The number of aryl methyl sites for hydroxylation is 3. The number of halogens is 2. The van der Waals surface area contributed by atoms with Crippen LogP contribution in [0.3, 0.4) is 0 Å². The number of hydrogen-bond acceptors (Lipinski definition) is 4. The Hall–Kier alpha value is -3.62. The van der Waals surface area contributed by atoms with Gasteiger partial charge in [-0.2, -0.15) is 5.10 Å². The number of hydrogen-bond donors (Lipinski definition) is 0. The van der Waals surface area contributed by atoms with Gasteiger partial charge < -0.3 is 4.90 Å². The van der Waals surface area contributed by atoms with E-state index in [9.17, 15) is 18.4 Å². The summed E-state index contributed by atoms with van der Waals surface area (Å²) in [4.78, 5) is 32.1. The molecular weight excluding hydrogens is 416 g/mol. The lowest BCUT2D eigenvalue weighted by Crippen LogP contribution is -2.61. The summed E-state index contributed by atoms with van der Waals surface area (Å²) in [5.74, 6) is -2.22. The molecule has 7 nitrogen and oxygen atoms in total. The summed E-state index contributed by atoms with van der Waals surface area (Å²) in [6, 6.07) is 11.1. The number of amides is 3. The highest BCUT2D eigenvalue weighted by Gasteiger charge is 2.49. The van der Waals surface area contributed by atoms with E-state index >= 15 is 0 Å². The van der Waals surface area contributed by atoms with Crippen molar-refractivity contribution in [2.45, 2.75) is 31.7 Å². The summed E-state index contributed by atoms with van der Waals surface area (Å²) < 4.78 is 31.5. The zero-order valence-electron chi connectivity index (χ0n) is 18.0. The van der Waals surface area contributed by atoms with E-state index in [0.717, 1.165) is 5.56 Å². The molecule has 0 N–H and O–H groups in total. The van der Waals surface area contributed by atoms with E-state index in [0.29, 0.717) is 29.1 Å². The van der Waals surface area contributed by atoms with Gasteiger partial charge >= 0.3 is 6.03 Å². The average Bonchev–Trinajstić information content (AvgIpc) is 3.20. The lowest BCUT2D eigenvalue weighted by Gasteiger charge is -2.44. The zero-order chi connectivity index (χ0) is 23.0. The van der Waals surface area contributed by atoms with Crippen LogP contribution in [0.25, 0.3) is 0 Å². The SMILES string of the molecule is CN1C(=O)N(c2c(F)cc(CCc3ccccc3)cc2F)C(=O)C[C@@]1(C)c1ncnn1C. The van der Waals surface area contributed by atoms with Gasteiger partial charge in [-0.15, -0.1) is 0 Å². The fourth-order valence-electron chi connectivity index (χ4n) is 4.10. The lowest BCUT2D eigenvalue weighted by atomic mass is 9.91. The smallest absolute Gasteiger partial charge is 0.314 e. The molecule has 0 aliphatic carbocycles. The van der Waals surface area contributed by atoms with Gasteiger partial charge in [-0.3, -0.25) is 9.48 Å². The number of carbonyl (C=O) groups excluding carboxylic acids is 2. The topological polar surface area (TPSA) is 71.3 Å². The van der Waals surface area contributed by atoms with Crippen molar-refractivity contribution in [3.63, 3.8) is 0 Å². The highest BCUT2D eigenvalue weighted by molar-refractivity contribution is 6.16. The number of nitrogens with zero attached hydrogens (tertiary/aromatic N) is 5. The Labute approximate surface area is 184 Å². The van der Waals surface area contributed by atoms with Gasteiger partial charge in [-0.05, 0) is 43.0 Å². The summed E-state index contributed by atoms with van der Waals surface area (Å²) in [5, 5.41) is 4.00. The number of carbonyl (C=O) groups is 2. The Balaban J connectivity index is 1.61. The van der Waals surface area contributed by atoms with Crippen molar-refractivity contribution in [1.82, 2.24) is 19.7 Å². The molecule has 4 rings (SSSR count). The third-order valence-electron chi connectivity index (χ3n) is 6.00. The summed E-state index contributed by atoms with van der Waals surface area (Å²) >= 11 is 0. The van der Waals surface area contributed by atoms with Crippen LogP contribution in [0.1, 0.15) is 30.3 Å². The first-order valence-electron chi connectivity index (χ1n) is 10.2. The monoisotopic (exact) mass is 439 g/mol. The van der Waals surface area contributed by atoms with Crippen molar-refractivity contribution in [2.75, 3.05) is 11.9 Å². The first kappa shape index (κ1) is 21.6. The van der Waals surface area contributed by atoms with Crippen molar-refractivity contribution in [3.8, 4) is 0 Å². The molecule has 3 aromatic rings. The van der Waals surface area contributed by atoms with Crippen LogP contribution in [-0.2, 0) is 30.2 Å². The minimum Gasteiger partial charge on any atom is -0.314 e. The lowest BCUT2D eigenvalue weighted by molar-refractivity contribution is -0.122. The normalized spacial score (nSPS) is 19.0. The summed E-state index contributed by atoms with van der Waals surface area (Å²) in [7, 11) is 3.12. The molecule has 0 unspecified atom stereocenters. The molecule has 0 radical (unpaired) electrons. The molecule has 166 valence electrons. The fourth-order valence-corrected chi connectivity index (χ4v) is 4.10. The van der Waals surface area contributed by atoms with Gasteiger partial charge in [0.05, 0.1) is 6.42 Å². The molecule has 1 saturated heterocycles. The predicted octanol–water partition coefficient (Wildman–Crippen LogP) is 3.58. The van der Waals surface area contributed by atoms with Crippen molar-refractivity contribution < 1.29 is 18.4 Å². The van der Waals surface area contributed by atoms with E-state index < -0.39 is 34.8 Å². The maximum Gasteiger partial charge on any atom is 0.332 e. The van der Waals surface area contributed by atoms with E-state index in [1.54, 1.807) is 14.0 Å². The third kappa shape index (κ3) is 3.63. The molecule has 1 aliphatic rings. The van der Waals surface area contributed by atoms with Gasteiger partial charge in [0.2, 0.25) is 5.91 Å². The van der Waals surface area contributed by atoms with E-state index in [-0.39, 0.29) is 6.42 Å². The second kappa shape index (κ2) is 8.14. The molecule has 0 bridgehead atoms. The van der Waals surface area contributed by atoms with Crippen LogP contribution in [0.15, 0.2) is 48.8 Å². The molecule has 2 aromatic carbocycles. The molecule has 1 fully saturated rings. The van der Waals surface area contributed by atoms with Crippen LogP contribution in [0.2, 0.25) is 0 Å². The summed E-state index contributed by atoms with van der Waals surface area (Å²) in [6.07, 6.45) is 2.16. The van der Waals surface area contributed by atoms with Crippen LogP contribution in [-0.4, -0.2) is 38.7 Å². The first-order valence-corrected chi connectivity index (χ1v) is 10.2. The Bertz CT molecular complexity index is 1160. The second-order valence-corrected chi connectivity index (χ2v) is 8.12. The predicted molar refractivity (Wildman–Crippen MR) is 114 cm³/mol. The van der Waals surface area contributed by atoms with Gasteiger partial charge in [0.1, 0.15) is 17.6 Å². The quantitative estimate of drug-likeness (QED) is 0.609. The molecule has 2 heterocycles. The van der Waals surface area contributed by atoms with Crippen LogP contribution >= 0.6 is 0 Å². The highest BCUT2D eigenvalue weighted by Crippen LogP contribution is 2.38. The van der Waals surface area contributed by atoms with E-state index in [1.165, 1.54) is 35.1 Å². The van der Waals surface area contributed by atoms with E-state index in [1.807, 2.05) is 30.3 Å². The molecule has 1 atom stereocenters. The Morgan fingerprint density at radius 1 is 1.00 bits per heavy atom. The molecule has 1 aromatic heterocycles. The number of urea groups is 1. The molecule has 9 heteroatoms. The first-order chi connectivity index (χ1) is 15.2. The molecule has 0 spiro atoms. The van der Waals surface area contributed by atoms with Crippen molar-refractivity contribution >= 4 is 17.6 Å². The molecule has 0 saturated carbocycles. The van der Waals surface area contributed by atoms with Crippen molar-refractivity contribution in [2.24, 2.45) is 7.05 Å². The zero-order valence-corrected chi connectivity index (χ0v) is 18.0. The molecular formula is C23H23F2N5O2. The van der Waals surface area contributed by atoms with E-state index in [4.69, 9.17) is 0 Å². The number of anilines is 1. The number of imide groups is 1. The molecule has 32 heavy (non-hydrogen) atoms. The Kier molecular flexibility index (Phi) is 5.50. The Morgan fingerprint density at radius 3 is 2.22 bits per heavy atom. The van der Waals surface area contributed by atoms with Crippen LogP contribution < -0.4 is 4.90 Å². The van der Waals surface area contributed by atoms with Gasteiger partial charge in [-0.1, -0.05) is 30.3 Å². The highest BCUT2D eigenvalue weighted by atomic mass is 19.1. The second-order valence-electron chi connectivity index (χ2n) is 8.12. The third-order valence-corrected chi connectivity index (χ3v) is 6.00. The van der Waals surface area contributed by atoms with Gasteiger partial charge in [0.25, 0.3) is 0 Å². The van der Waals surface area contributed by atoms with Crippen molar-refractivity contribution in [1.29, 1.82) is 0 Å².